The highest BCUT2D eigenvalue weighted by Gasteiger charge is 2.34. The predicted octanol–water partition coefficient (Wildman–Crippen LogP) is 2.83. The Morgan fingerprint density at radius 2 is 2.21 bits per heavy atom. The van der Waals surface area contributed by atoms with Crippen LogP contribution in [0.25, 0.3) is 0 Å². The summed E-state index contributed by atoms with van der Waals surface area (Å²) in [4.78, 5) is 4.28. The summed E-state index contributed by atoms with van der Waals surface area (Å²) < 4.78 is 6.61. The van der Waals surface area contributed by atoms with Gasteiger partial charge in [0.1, 0.15) is 0 Å². The van der Waals surface area contributed by atoms with E-state index in [0.717, 1.165) is 43.0 Å². The fourth-order valence-electron chi connectivity index (χ4n) is 2.84. The van der Waals surface area contributed by atoms with Crippen molar-refractivity contribution in [3.63, 3.8) is 0 Å². The number of ether oxygens (including phenoxy) is 1. The zero-order chi connectivity index (χ0) is 16.7. The highest BCUT2D eigenvalue weighted by Crippen LogP contribution is 2.31. The molecule has 1 aliphatic heterocycles. The third-order valence-electron chi connectivity index (χ3n) is 4.43. The first-order valence-corrected chi connectivity index (χ1v) is 8.76. The highest BCUT2D eigenvalue weighted by molar-refractivity contribution is 14.0. The molecular weight excluding hydrogens is 485 g/mol. The van der Waals surface area contributed by atoms with E-state index in [1.54, 1.807) is 7.05 Å². The summed E-state index contributed by atoms with van der Waals surface area (Å²) in [6.45, 7) is 5.24. The van der Waals surface area contributed by atoms with Crippen LogP contribution in [0.2, 0.25) is 0 Å². The monoisotopic (exact) mass is 511 g/mol. The number of hydrogen-bond acceptors (Lipinski definition) is 3. The highest BCUT2D eigenvalue weighted by atomic mass is 127. The average Bonchev–Trinajstić information content (AvgIpc) is 2.98. The van der Waals surface area contributed by atoms with Crippen LogP contribution in [0.15, 0.2) is 27.7 Å². The molecule has 136 valence electrons. The van der Waals surface area contributed by atoms with Crippen molar-refractivity contribution >= 4 is 45.9 Å². The van der Waals surface area contributed by atoms with E-state index in [1.807, 2.05) is 6.07 Å². The Bertz CT molecular complexity index is 549. The third kappa shape index (κ3) is 6.16. The second-order valence-corrected chi connectivity index (χ2v) is 7.04. The summed E-state index contributed by atoms with van der Waals surface area (Å²) in [6.07, 6.45) is 1.73. The van der Waals surface area contributed by atoms with E-state index in [-0.39, 0.29) is 36.0 Å². The quantitative estimate of drug-likeness (QED) is 0.312. The first-order chi connectivity index (χ1) is 11.1. The number of benzene rings is 1. The van der Waals surface area contributed by atoms with E-state index in [9.17, 15) is 5.11 Å². The molecule has 1 atom stereocenters. The summed E-state index contributed by atoms with van der Waals surface area (Å²) in [5, 5.41) is 16.0. The molecule has 5 nitrogen and oxygen atoms in total. The van der Waals surface area contributed by atoms with Crippen molar-refractivity contribution in [3.8, 4) is 0 Å². The fraction of sp³-hybridized carbons (Fsp3) is 0.588. The maximum absolute atomic E-state index is 9.29. The average molecular weight is 512 g/mol. The van der Waals surface area contributed by atoms with Gasteiger partial charge in [0.15, 0.2) is 5.96 Å². The molecular formula is C17H27BrIN3O2. The molecule has 1 aliphatic rings. The summed E-state index contributed by atoms with van der Waals surface area (Å²) in [6, 6.07) is 6.27. The first kappa shape index (κ1) is 21.7. The number of nitrogens with one attached hydrogen (secondary N) is 2. The largest absolute Gasteiger partial charge is 0.396 e. The Hall–Kier alpha value is -0.380. The molecule has 0 aromatic heterocycles. The van der Waals surface area contributed by atoms with E-state index in [0.29, 0.717) is 6.61 Å². The van der Waals surface area contributed by atoms with Crippen LogP contribution >= 0.6 is 39.9 Å². The van der Waals surface area contributed by atoms with E-state index in [1.165, 1.54) is 11.1 Å². The molecule has 24 heavy (non-hydrogen) atoms. The Balaban J connectivity index is 0.00000288. The van der Waals surface area contributed by atoms with Crippen molar-refractivity contribution in [2.75, 3.05) is 33.4 Å². The van der Waals surface area contributed by atoms with Crippen LogP contribution in [0.3, 0.4) is 0 Å². The zero-order valence-electron chi connectivity index (χ0n) is 14.3. The number of hydrogen-bond donors (Lipinski definition) is 3. The number of aliphatic hydroxyl groups is 1. The van der Waals surface area contributed by atoms with Crippen molar-refractivity contribution < 1.29 is 9.84 Å². The molecule has 1 aromatic carbocycles. The fourth-order valence-corrected chi connectivity index (χ4v) is 3.32. The van der Waals surface area contributed by atoms with E-state index >= 15 is 0 Å². The van der Waals surface area contributed by atoms with Gasteiger partial charge in [0.05, 0.1) is 6.61 Å². The number of nitrogens with zero attached hydrogens (tertiary/aromatic N) is 1. The maximum atomic E-state index is 9.29. The lowest BCUT2D eigenvalue weighted by molar-refractivity contribution is 0.127. The van der Waals surface area contributed by atoms with Gasteiger partial charge in [-0.15, -0.1) is 24.0 Å². The van der Waals surface area contributed by atoms with Gasteiger partial charge >= 0.3 is 0 Å². The van der Waals surface area contributed by atoms with Gasteiger partial charge in [0, 0.05) is 43.2 Å². The third-order valence-corrected chi connectivity index (χ3v) is 4.93. The summed E-state index contributed by atoms with van der Waals surface area (Å²) in [5.41, 5.74) is 2.49. The summed E-state index contributed by atoms with van der Waals surface area (Å²) in [7, 11) is 1.77. The molecule has 1 unspecified atom stereocenters. The predicted molar refractivity (Wildman–Crippen MR) is 112 cm³/mol. The van der Waals surface area contributed by atoms with Crippen LogP contribution in [0.5, 0.6) is 0 Å². The number of halogens is 2. The van der Waals surface area contributed by atoms with Crippen molar-refractivity contribution in [2.45, 2.75) is 26.3 Å². The molecule has 0 amide bonds. The molecule has 0 saturated carbocycles. The smallest absolute Gasteiger partial charge is 0.191 e. The van der Waals surface area contributed by atoms with Crippen LogP contribution in [0, 0.1) is 12.3 Å². The van der Waals surface area contributed by atoms with Gasteiger partial charge in [-0.3, -0.25) is 4.99 Å². The second-order valence-electron chi connectivity index (χ2n) is 6.13. The summed E-state index contributed by atoms with van der Waals surface area (Å²) >= 11 is 3.48. The maximum Gasteiger partial charge on any atom is 0.191 e. The second kappa shape index (κ2) is 10.6. The topological polar surface area (TPSA) is 65.9 Å². The number of aliphatic imine (C=N–C) groups is 1. The number of aryl methyl sites for hydroxylation is 1. The van der Waals surface area contributed by atoms with Gasteiger partial charge in [-0.05, 0) is 43.0 Å². The molecule has 1 fully saturated rings. The first-order valence-electron chi connectivity index (χ1n) is 7.97. The Kier molecular flexibility index (Phi) is 9.54. The Morgan fingerprint density at radius 3 is 2.79 bits per heavy atom. The number of guanidine groups is 1. The number of rotatable bonds is 6. The molecule has 1 heterocycles. The van der Waals surface area contributed by atoms with Gasteiger partial charge in [0.25, 0.3) is 0 Å². The molecule has 1 aromatic rings. The molecule has 1 saturated heterocycles. The normalized spacial score (nSPS) is 20.6. The van der Waals surface area contributed by atoms with E-state index in [2.05, 4.69) is 50.6 Å². The zero-order valence-corrected chi connectivity index (χ0v) is 18.2. The van der Waals surface area contributed by atoms with Crippen LogP contribution in [-0.4, -0.2) is 44.5 Å². The van der Waals surface area contributed by atoms with Crippen molar-refractivity contribution in [1.29, 1.82) is 0 Å². The van der Waals surface area contributed by atoms with Crippen molar-refractivity contribution in [3.05, 3.63) is 33.8 Å². The molecule has 2 rings (SSSR count). The standard InChI is InChI=1S/C17H26BrN3O2.HI/c1-13-9-15(18)4-3-14(13)10-20-16(19-2)21-11-17(5-7-22)6-8-23-12-17;/h3-4,9,22H,5-8,10-12H2,1-2H3,(H2,19,20,21);1H. The summed E-state index contributed by atoms with van der Waals surface area (Å²) in [5.74, 6) is 0.775. The SMILES string of the molecule is CN=C(NCc1ccc(Br)cc1C)NCC1(CCO)CCOC1.I. The lowest BCUT2D eigenvalue weighted by Crippen LogP contribution is -2.44. The Morgan fingerprint density at radius 1 is 1.42 bits per heavy atom. The van der Waals surface area contributed by atoms with Crippen LogP contribution in [0.1, 0.15) is 24.0 Å². The molecule has 0 aliphatic carbocycles. The van der Waals surface area contributed by atoms with Crippen LogP contribution < -0.4 is 10.6 Å². The van der Waals surface area contributed by atoms with Gasteiger partial charge < -0.3 is 20.5 Å². The molecule has 7 heteroatoms. The van der Waals surface area contributed by atoms with Gasteiger partial charge in [0.2, 0.25) is 0 Å². The van der Waals surface area contributed by atoms with Gasteiger partial charge in [-0.2, -0.15) is 0 Å². The molecule has 3 N–H and O–H groups in total. The lowest BCUT2D eigenvalue weighted by Gasteiger charge is -2.27. The molecule has 0 bridgehead atoms. The lowest BCUT2D eigenvalue weighted by atomic mass is 9.84. The van der Waals surface area contributed by atoms with E-state index in [4.69, 9.17) is 4.74 Å². The minimum atomic E-state index is 0. The van der Waals surface area contributed by atoms with E-state index < -0.39 is 0 Å². The van der Waals surface area contributed by atoms with Crippen molar-refractivity contribution in [1.82, 2.24) is 10.6 Å². The van der Waals surface area contributed by atoms with Gasteiger partial charge in [-0.25, -0.2) is 0 Å². The van der Waals surface area contributed by atoms with Gasteiger partial charge in [-0.1, -0.05) is 22.0 Å². The number of aliphatic hydroxyl groups excluding tert-OH is 1. The molecule has 0 radical (unpaired) electrons. The minimum absolute atomic E-state index is 0. The van der Waals surface area contributed by atoms with Crippen LogP contribution in [-0.2, 0) is 11.3 Å². The van der Waals surface area contributed by atoms with Crippen LogP contribution in [0.4, 0.5) is 0 Å². The molecule has 0 spiro atoms. The minimum Gasteiger partial charge on any atom is -0.396 e. The Labute approximate surface area is 169 Å². The van der Waals surface area contributed by atoms with Crippen molar-refractivity contribution in [2.24, 2.45) is 10.4 Å².